The molecule has 2 rings (SSSR count). The standard InChI is InChI=1S/C17H22N2O/c1-3-9-18-12-15-8-10-19-13-17(15)20-16-7-5-6-14(4-2)11-16/h5-8,10-11,13,18H,3-4,9,12H2,1-2H3. The number of pyridine rings is 1. The fourth-order valence-corrected chi connectivity index (χ4v) is 2.00. The summed E-state index contributed by atoms with van der Waals surface area (Å²) in [5.74, 6) is 1.69. The van der Waals surface area contributed by atoms with Crippen molar-refractivity contribution in [2.24, 2.45) is 0 Å². The zero-order valence-corrected chi connectivity index (χ0v) is 12.2. The lowest BCUT2D eigenvalue weighted by Gasteiger charge is -2.11. The number of hydrogen-bond acceptors (Lipinski definition) is 3. The minimum absolute atomic E-state index is 0.805. The molecule has 20 heavy (non-hydrogen) atoms. The molecule has 0 bridgehead atoms. The molecule has 1 N–H and O–H groups in total. The van der Waals surface area contributed by atoms with Gasteiger partial charge >= 0.3 is 0 Å². The van der Waals surface area contributed by atoms with Crippen molar-refractivity contribution in [2.45, 2.75) is 33.2 Å². The number of hydrogen-bond donors (Lipinski definition) is 1. The zero-order chi connectivity index (χ0) is 14.2. The molecule has 0 fully saturated rings. The van der Waals surface area contributed by atoms with Crippen LogP contribution in [0.15, 0.2) is 42.7 Å². The second kappa shape index (κ2) is 7.65. The van der Waals surface area contributed by atoms with Gasteiger partial charge in [0.25, 0.3) is 0 Å². The Kier molecular flexibility index (Phi) is 5.56. The number of rotatable bonds is 7. The van der Waals surface area contributed by atoms with Crippen molar-refractivity contribution in [1.29, 1.82) is 0 Å². The summed E-state index contributed by atoms with van der Waals surface area (Å²) >= 11 is 0. The van der Waals surface area contributed by atoms with Crippen LogP contribution >= 0.6 is 0 Å². The number of benzene rings is 1. The predicted octanol–water partition coefficient (Wildman–Crippen LogP) is 3.94. The van der Waals surface area contributed by atoms with Crippen LogP contribution in [-0.2, 0) is 13.0 Å². The molecule has 0 saturated carbocycles. The number of aryl methyl sites for hydroxylation is 1. The zero-order valence-electron chi connectivity index (χ0n) is 12.2. The molecule has 0 aliphatic rings. The van der Waals surface area contributed by atoms with Gasteiger partial charge in [0.15, 0.2) is 0 Å². The van der Waals surface area contributed by atoms with Crippen LogP contribution in [0.4, 0.5) is 0 Å². The summed E-state index contributed by atoms with van der Waals surface area (Å²) in [5.41, 5.74) is 2.41. The first-order valence-corrected chi connectivity index (χ1v) is 7.24. The van der Waals surface area contributed by atoms with Crippen molar-refractivity contribution in [1.82, 2.24) is 10.3 Å². The Bertz CT molecular complexity index is 540. The predicted molar refractivity (Wildman–Crippen MR) is 82.1 cm³/mol. The second-order valence-electron chi connectivity index (χ2n) is 4.76. The summed E-state index contributed by atoms with van der Waals surface area (Å²) in [7, 11) is 0. The molecular weight excluding hydrogens is 248 g/mol. The molecule has 0 atom stereocenters. The average molecular weight is 270 g/mol. The molecule has 1 aromatic heterocycles. The van der Waals surface area contributed by atoms with E-state index in [1.807, 2.05) is 18.2 Å². The first kappa shape index (κ1) is 14.5. The largest absolute Gasteiger partial charge is 0.455 e. The number of nitrogens with one attached hydrogen (secondary N) is 1. The SMILES string of the molecule is CCCNCc1ccncc1Oc1cccc(CC)c1. The molecular formula is C17H22N2O. The third kappa shape index (κ3) is 4.07. The highest BCUT2D eigenvalue weighted by Gasteiger charge is 2.05. The van der Waals surface area contributed by atoms with Crippen molar-refractivity contribution < 1.29 is 4.74 Å². The Balaban J connectivity index is 2.11. The highest BCUT2D eigenvalue weighted by molar-refractivity contribution is 5.37. The van der Waals surface area contributed by atoms with Gasteiger partial charge in [0.2, 0.25) is 0 Å². The van der Waals surface area contributed by atoms with Gasteiger partial charge in [0, 0.05) is 18.3 Å². The van der Waals surface area contributed by atoms with Gasteiger partial charge in [-0.25, -0.2) is 0 Å². The Labute approximate surface area is 121 Å². The number of nitrogens with zero attached hydrogens (tertiary/aromatic N) is 1. The monoisotopic (exact) mass is 270 g/mol. The van der Waals surface area contributed by atoms with Crippen LogP contribution in [0.2, 0.25) is 0 Å². The molecule has 3 heteroatoms. The lowest BCUT2D eigenvalue weighted by Crippen LogP contribution is -2.14. The Morgan fingerprint density at radius 1 is 1.20 bits per heavy atom. The van der Waals surface area contributed by atoms with Crippen molar-refractivity contribution >= 4 is 0 Å². The fraction of sp³-hybridized carbons (Fsp3) is 0.353. The van der Waals surface area contributed by atoms with E-state index in [2.05, 4.69) is 36.3 Å². The van der Waals surface area contributed by atoms with Gasteiger partial charge in [-0.3, -0.25) is 4.98 Å². The highest BCUT2D eigenvalue weighted by Crippen LogP contribution is 2.25. The summed E-state index contributed by atoms with van der Waals surface area (Å²) in [4.78, 5) is 4.16. The molecule has 106 valence electrons. The van der Waals surface area contributed by atoms with Crippen molar-refractivity contribution in [2.75, 3.05) is 6.54 Å². The average Bonchev–Trinajstić information content (AvgIpc) is 2.49. The lowest BCUT2D eigenvalue weighted by atomic mass is 10.1. The fourth-order valence-electron chi connectivity index (χ4n) is 2.00. The van der Waals surface area contributed by atoms with Gasteiger partial charge in [0.05, 0.1) is 6.20 Å². The normalized spacial score (nSPS) is 10.5. The van der Waals surface area contributed by atoms with Crippen LogP contribution in [0.1, 0.15) is 31.4 Å². The van der Waals surface area contributed by atoms with Crippen LogP contribution in [0.5, 0.6) is 11.5 Å². The van der Waals surface area contributed by atoms with E-state index in [4.69, 9.17) is 4.74 Å². The van der Waals surface area contributed by atoms with Gasteiger partial charge in [-0.1, -0.05) is 26.0 Å². The summed E-state index contributed by atoms with van der Waals surface area (Å²) in [5, 5.41) is 3.39. The molecule has 0 amide bonds. The topological polar surface area (TPSA) is 34.2 Å². The van der Waals surface area contributed by atoms with Crippen LogP contribution in [0.3, 0.4) is 0 Å². The van der Waals surface area contributed by atoms with E-state index in [1.54, 1.807) is 12.4 Å². The Hall–Kier alpha value is -1.87. The minimum atomic E-state index is 0.805. The Morgan fingerprint density at radius 3 is 2.90 bits per heavy atom. The van der Waals surface area contributed by atoms with Crippen LogP contribution in [-0.4, -0.2) is 11.5 Å². The minimum Gasteiger partial charge on any atom is -0.455 e. The van der Waals surface area contributed by atoms with E-state index in [0.717, 1.165) is 43.0 Å². The molecule has 2 aromatic rings. The van der Waals surface area contributed by atoms with Crippen molar-refractivity contribution in [3.63, 3.8) is 0 Å². The molecule has 0 saturated heterocycles. The molecule has 0 radical (unpaired) electrons. The van der Waals surface area contributed by atoms with Gasteiger partial charge in [-0.05, 0) is 43.1 Å². The molecule has 0 spiro atoms. The summed E-state index contributed by atoms with van der Waals surface area (Å²) in [6.45, 7) is 6.11. The number of ether oxygens (including phenoxy) is 1. The van der Waals surface area contributed by atoms with E-state index in [0.29, 0.717) is 0 Å². The van der Waals surface area contributed by atoms with Gasteiger partial charge in [0.1, 0.15) is 11.5 Å². The van der Waals surface area contributed by atoms with E-state index < -0.39 is 0 Å². The third-order valence-electron chi connectivity index (χ3n) is 3.15. The molecule has 0 aliphatic carbocycles. The molecule has 3 nitrogen and oxygen atoms in total. The summed E-state index contributed by atoms with van der Waals surface area (Å²) < 4.78 is 5.98. The van der Waals surface area contributed by atoms with E-state index in [1.165, 1.54) is 5.56 Å². The van der Waals surface area contributed by atoms with Gasteiger partial charge in [-0.15, -0.1) is 0 Å². The van der Waals surface area contributed by atoms with Crippen LogP contribution in [0, 0.1) is 0 Å². The first-order valence-electron chi connectivity index (χ1n) is 7.24. The summed E-state index contributed by atoms with van der Waals surface area (Å²) in [6, 6.07) is 10.2. The van der Waals surface area contributed by atoms with E-state index in [9.17, 15) is 0 Å². The molecule has 1 heterocycles. The van der Waals surface area contributed by atoms with E-state index in [-0.39, 0.29) is 0 Å². The van der Waals surface area contributed by atoms with Crippen molar-refractivity contribution in [3.05, 3.63) is 53.9 Å². The maximum absolute atomic E-state index is 5.98. The van der Waals surface area contributed by atoms with Gasteiger partial charge < -0.3 is 10.1 Å². The molecule has 0 unspecified atom stereocenters. The van der Waals surface area contributed by atoms with Crippen LogP contribution in [0.25, 0.3) is 0 Å². The van der Waals surface area contributed by atoms with E-state index >= 15 is 0 Å². The third-order valence-corrected chi connectivity index (χ3v) is 3.15. The molecule has 1 aromatic carbocycles. The lowest BCUT2D eigenvalue weighted by molar-refractivity contribution is 0.469. The second-order valence-corrected chi connectivity index (χ2v) is 4.76. The smallest absolute Gasteiger partial charge is 0.150 e. The van der Waals surface area contributed by atoms with Crippen LogP contribution < -0.4 is 10.1 Å². The molecule has 0 aliphatic heterocycles. The van der Waals surface area contributed by atoms with Gasteiger partial charge in [-0.2, -0.15) is 0 Å². The first-order chi connectivity index (χ1) is 9.83. The maximum Gasteiger partial charge on any atom is 0.150 e. The quantitative estimate of drug-likeness (QED) is 0.774. The highest BCUT2D eigenvalue weighted by atomic mass is 16.5. The Morgan fingerprint density at radius 2 is 2.10 bits per heavy atom. The maximum atomic E-state index is 5.98. The summed E-state index contributed by atoms with van der Waals surface area (Å²) in [6.07, 6.45) is 5.72. The van der Waals surface area contributed by atoms with Crippen molar-refractivity contribution in [3.8, 4) is 11.5 Å². The number of aromatic nitrogens is 1.